The van der Waals surface area contributed by atoms with E-state index < -0.39 is 0 Å². The van der Waals surface area contributed by atoms with Gasteiger partial charge in [-0.1, -0.05) is 17.7 Å². The van der Waals surface area contributed by atoms with Gasteiger partial charge in [0.1, 0.15) is 23.8 Å². The van der Waals surface area contributed by atoms with Crippen LogP contribution in [0.5, 0.6) is 0 Å². The van der Waals surface area contributed by atoms with E-state index in [1.54, 1.807) is 12.3 Å². The number of carbonyl (C=O) groups is 1. The van der Waals surface area contributed by atoms with E-state index in [9.17, 15) is 4.79 Å². The summed E-state index contributed by atoms with van der Waals surface area (Å²) in [6.45, 7) is 4.98. The fourth-order valence-electron chi connectivity index (χ4n) is 2.44. The minimum absolute atomic E-state index is 0.249. The smallest absolute Gasteiger partial charge is 0.319 e. The van der Waals surface area contributed by atoms with Crippen LogP contribution in [0.15, 0.2) is 55.0 Å². The van der Waals surface area contributed by atoms with Gasteiger partial charge in [-0.2, -0.15) is 0 Å². The number of urea groups is 1. The van der Waals surface area contributed by atoms with Crippen LogP contribution >= 0.6 is 0 Å². The first-order valence-electron chi connectivity index (χ1n) is 8.95. The Morgan fingerprint density at radius 1 is 0.857 bits per heavy atom. The number of nitrogens with one attached hydrogen (secondary N) is 4. The number of amides is 2. The predicted octanol–water partition coefficient (Wildman–Crippen LogP) is 3.47. The van der Waals surface area contributed by atoms with Crippen LogP contribution in [0.25, 0.3) is 0 Å². The molecule has 2 aromatic heterocycles. The van der Waals surface area contributed by atoms with E-state index >= 15 is 0 Å². The molecule has 1 aromatic carbocycles. The van der Waals surface area contributed by atoms with E-state index in [0.717, 1.165) is 22.6 Å². The number of hydrogen-bond acceptors (Lipinski definition) is 6. The Labute approximate surface area is 163 Å². The lowest BCUT2D eigenvalue weighted by molar-refractivity contribution is 0.252. The molecule has 0 aliphatic rings. The third-order valence-corrected chi connectivity index (χ3v) is 3.86. The number of anilines is 4. The Bertz CT molecular complexity index is 928. The summed E-state index contributed by atoms with van der Waals surface area (Å²) in [5.74, 6) is 2.02. The van der Waals surface area contributed by atoms with Crippen molar-refractivity contribution in [2.75, 3.05) is 29.0 Å². The highest BCUT2D eigenvalue weighted by atomic mass is 16.2. The van der Waals surface area contributed by atoms with Crippen LogP contribution in [0, 0.1) is 13.8 Å². The Hall–Kier alpha value is -3.68. The van der Waals surface area contributed by atoms with E-state index in [1.165, 1.54) is 6.33 Å². The van der Waals surface area contributed by atoms with Crippen LogP contribution in [0.3, 0.4) is 0 Å². The molecule has 3 aromatic rings. The Morgan fingerprint density at radius 3 is 2.39 bits per heavy atom. The maximum atomic E-state index is 11.9. The van der Waals surface area contributed by atoms with Gasteiger partial charge in [-0.15, -0.1) is 0 Å². The predicted molar refractivity (Wildman–Crippen MR) is 111 cm³/mol. The summed E-state index contributed by atoms with van der Waals surface area (Å²) < 4.78 is 0. The van der Waals surface area contributed by atoms with Crippen LogP contribution in [-0.4, -0.2) is 34.1 Å². The van der Waals surface area contributed by atoms with Crippen LogP contribution in [-0.2, 0) is 0 Å². The molecule has 2 heterocycles. The van der Waals surface area contributed by atoms with Gasteiger partial charge in [-0.3, -0.25) is 0 Å². The quantitative estimate of drug-likeness (QED) is 0.470. The minimum atomic E-state index is -0.249. The molecule has 0 unspecified atom stereocenters. The van der Waals surface area contributed by atoms with E-state index in [0.29, 0.717) is 24.7 Å². The zero-order valence-corrected chi connectivity index (χ0v) is 15.9. The number of aromatic nitrogens is 3. The fourth-order valence-corrected chi connectivity index (χ4v) is 2.44. The molecule has 0 aliphatic carbocycles. The topological polar surface area (TPSA) is 104 Å². The first-order chi connectivity index (χ1) is 13.6. The minimum Gasteiger partial charge on any atom is -0.368 e. The van der Waals surface area contributed by atoms with Gasteiger partial charge in [0.15, 0.2) is 0 Å². The Morgan fingerprint density at radius 2 is 1.61 bits per heavy atom. The molecule has 4 N–H and O–H groups in total. The fraction of sp³-hybridized carbons (Fsp3) is 0.200. The lowest BCUT2D eigenvalue weighted by Crippen LogP contribution is -2.32. The second-order valence-electron chi connectivity index (χ2n) is 6.31. The van der Waals surface area contributed by atoms with Crippen molar-refractivity contribution in [3.63, 3.8) is 0 Å². The van der Waals surface area contributed by atoms with Gasteiger partial charge < -0.3 is 21.3 Å². The van der Waals surface area contributed by atoms with E-state index in [4.69, 9.17) is 0 Å². The summed E-state index contributed by atoms with van der Waals surface area (Å²) in [5, 5.41) is 11.9. The van der Waals surface area contributed by atoms with Crippen molar-refractivity contribution in [3.05, 3.63) is 66.1 Å². The summed E-state index contributed by atoms with van der Waals surface area (Å²) in [6.07, 6.45) is 3.21. The second-order valence-corrected chi connectivity index (χ2v) is 6.31. The number of aryl methyl sites for hydroxylation is 2. The summed E-state index contributed by atoms with van der Waals surface area (Å²) >= 11 is 0. The van der Waals surface area contributed by atoms with E-state index in [1.807, 2.05) is 50.2 Å². The molecule has 0 atom stereocenters. The molecule has 28 heavy (non-hydrogen) atoms. The van der Waals surface area contributed by atoms with E-state index in [-0.39, 0.29) is 6.03 Å². The van der Waals surface area contributed by atoms with Crippen molar-refractivity contribution in [1.82, 2.24) is 20.3 Å². The highest BCUT2D eigenvalue weighted by Crippen LogP contribution is 2.14. The molecule has 0 saturated heterocycles. The van der Waals surface area contributed by atoms with Gasteiger partial charge in [0.2, 0.25) is 0 Å². The largest absolute Gasteiger partial charge is 0.368 e. The third-order valence-electron chi connectivity index (χ3n) is 3.86. The Kier molecular flexibility index (Phi) is 6.35. The standard InChI is InChI=1S/C20H23N7O/c1-14-3-5-16(6-4-14)26-20(28)23-10-9-22-17-12-19(25-13-24-17)27-18-11-15(2)7-8-21-18/h3-8,11-13H,9-10H2,1-2H3,(H2,23,26,28)(H2,21,22,24,25,27). The zero-order chi connectivity index (χ0) is 19.8. The van der Waals surface area contributed by atoms with Crippen LogP contribution < -0.4 is 21.3 Å². The van der Waals surface area contributed by atoms with Crippen molar-refractivity contribution < 1.29 is 4.79 Å². The summed E-state index contributed by atoms with van der Waals surface area (Å²) in [7, 11) is 0. The molecule has 0 spiro atoms. The summed E-state index contributed by atoms with van der Waals surface area (Å²) in [4.78, 5) is 24.5. The Balaban J connectivity index is 1.43. The monoisotopic (exact) mass is 377 g/mol. The number of carbonyl (C=O) groups excluding carboxylic acids is 1. The van der Waals surface area contributed by atoms with Gasteiger partial charge in [0.25, 0.3) is 0 Å². The zero-order valence-electron chi connectivity index (χ0n) is 15.9. The highest BCUT2D eigenvalue weighted by Gasteiger charge is 2.03. The first kappa shape index (κ1) is 19.1. The molecule has 3 rings (SSSR count). The van der Waals surface area contributed by atoms with Crippen molar-refractivity contribution in [2.45, 2.75) is 13.8 Å². The number of pyridine rings is 1. The van der Waals surface area contributed by atoms with Crippen molar-refractivity contribution >= 4 is 29.2 Å². The molecule has 0 aliphatic heterocycles. The first-order valence-corrected chi connectivity index (χ1v) is 8.95. The third kappa shape index (κ3) is 5.94. The summed E-state index contributed by atoms with van der Waals surface area (Å²) in [6, 6.07) is 13.0. The van der Waals surface area contributed by atoms with Gasteiger partial charge in [-0.25, -0.2) is 19.7 Å². The maximum Gasteiger partial charge on any atom is 0.319 e. The highest BCUT2D eigenvalue weighted by molar-refractivity contribution is 5.89. The molecule has 0 radical (unpaired) electrons. The molecule has 0 bridgehead atoms. The van der Waals surface area contributed by atoms with Crippen LogP contribution in [0.1, 0.15) is 11.1 Å². The lowest BCUT2D eigenvalue weighted by atomic mass is 10.2. The molecule has 0 saturated carbocycles. The molecule has 0 fully saturated rings. The molecule has 8 heteroatoms. The average Bonchev–Trinajstić information content (AvgIpc) is 2.67. The van der Waals surface area contributed by atoms with Gasteiger partial charge in [0.05, 0.1) is 0 Å². The van der Waals surface area contributed by atoms with Crippen molar-refractivity contribution in [1.29, 1.82) is 0 Å². The number of hydrogen-bond donors (Lipinski definition) is 4. The maximum absolute atomic E-state index is 11.9. The lowest BCUT2D eigenvalue weighted by Gasteiger charge is -2.10. The molecule has 144 valence electrons. The summed E-state index contributed by atoms with van der Waals surface area (Å²) in [5.41, 5.74) is 3.01. The number of rotatable bonds is 7. The van der Waals surface area contributed by atoms with Gasteiger partial charge in [-0.05, 0) is 43.7 Å². The van der Waals surface area contributed by atoms with Crippen LogP contribution in [0.2, 0.25) is 0 Å². The number of nitrogens with zero attached hydrogens (tertiary/aromatic N) is 3. The van der Waals surface area contributed by atoms with E-state index in [2.05, 4.69) is 36.2 Å². The molecular weight excluding hydrogens is 354 g/mol. The molecule has 2 amide bonds. The second kappa shape index (κ2) is 9.31. The molecular formula is C20H23N7O. The SMILES string of the molecule is Cc1ccc(NC(=O)NCCNc2cc(Nc3cc(C)ccn3)ncn2)cc1. The van der Waals surface area contributed by atoms with Gasteiger partial charge >= 0.3 is 6.03 Å². The normalized spacial score (nSPS) is 10.2. The molecule has 8 nitrogen and oxygen atoms in total. The van der Waals surface area contributed by atoms with Crippen molar-refractivity contribution in [3.8, 4) is 0 Å². The number of benzene rings is 1. The average molecular weight is 377 g/mol. The van der Waals surface area contributed by atoms with Crippen molar-refractivity contribution in [2.24, 2.45) is 0 Å². The van der Waals surface area contributed by atoms with Crippen LogP contribution in [0.4, 0.5) is 27.9 Å². The van der Waals surface area contributed by atoms with Gasteiger partial charge in [0, 0.05) is 31.0 Å².